The minimum Gasteiger partial charge on any atom is -0.497 e. The number of halogens is 4. The second kappa shape index (κ2) is 11.7. The number of aromatic nitrogens is 1. The van der Waals surface area contributed by atoms with Crippen molar-refractivity contribution in [1.29, 1.82) is 0 Å². The van der Waals surface area contributed by atoms with E-state index in [-0.39, 0.29) is 17.6 Å². The van der Waals surface area contributed by atoms with Crippen LogP contribution in [-0.2, 0) is 0 Å². The summed E-state index contributed by atoms with van der Waals surface area (Å²) >= 11 is 6.43. The molecule has 9 heteroatoms. The predicted molar refractivity (Wildman–Crippen MR) is 136 cm³/mol. The molecular formula is C28H28ClF3N2O3. The highest BCUT2D eigenvalue weighted by molar-refractivity contribution is 6.32. The maximum Gasteiger partial charge on any atom is 0.194 e. The lowest BCUT2D eigenvalue weighted by Gasteiger charge is -2.40. The van der Waals surface area contributed by atoms with Gasteiger partial charge in [-0.15, -0.1) is 0 Å². The number of rotatable bonds is 7. The SMILES string of the molecule is COc1ccc2ncc(Cl)c(C(O)CCC3(CO)CCN(CC#Cc4cc(F)c(F)c(F)c4)CC3)c2c1. The second-order valence-electron chi connectivity index (χ2n) is 9.45. The van der Waals surface area contributed by atoms with Crippen LogP contribution in [0, 0.1) is 34.7 Å². The van der Waals surface area contributed by atoms with Gasteiger partial charge >= 0.3 is 0 Å². The van der Waals surface area contributed by atoms with Crippen molar-refractivity contribution in [3.05, 3.63) is 70.1 Å². The van der Waals surface area contributed by atoms with E-state index in [1.165, 1.54) is 6.20 Å². The first kappa shape index (κ1) is 27.2. The van der Waals surface area contributed by atoms with Gasteiger partial charge in [-0.2, -0.15) is 0 Å². The number of likely N-dealkylation sites (tertiary alicyclic amines) is 1. The van der Waals surface area contributed by atoms with Crippen molar-refractivity contribution in [2.75, 3.05) is 33.4 Å². The molecule has 2 heterocycles. The molecule has 5 nitrogen and oxygen atoms in total. The van der Waals surface area contributed by atoms with E-state index >= 15 is 0 Å². The zero-order valence-electron chi connectivity index (χ0n) is 20.4. The molecule has 1 aromatic heterocycles. The Kier molecular flexibility index (Phi) is 8.60. The molecule has 0 radical (unpaired) electrons. The first-order valence-electron chi connectivity index (χ1n) is 12.0. The van der Waals surface area contributed by atoms with Crippen molar-refractivity contribution in [3.8, 4) is 17.6 Å². The molecule has 0 aliphatic carbocycles. The van der Waals surface area contributed by atoms with Gasteiger partial charge in [0.05, 0.1) is 30.3 Å². The summed E-state index contributed by atoms with van der Waals surface area (Å²) in [7, 11) is 1.57. The van der Waals surface area contributed by atoms with Crippen molar-refractivity contribution < 1.29 is 28.1 Å². The summed E-state index contributed by atoms with van der Waals surface area (Å²) < 4.78 is 45.2. The Balaban J connectivity index is 1.37. The Bertz CT molecular complexity index is 1310. The molecule has 1 aliphatic heterocycles. The van der Waals surface area contributed by atoms with Gasteiger partial charge in [0, 0.05) is 29.3 Å². The molecule has 3 aromatic rings. The summed E-state index contributed by atoms with van der Waals surface area (Å²) in [4.78, 5) is 6.42. The zero-order valence-corrected chi connectivity index (χ0v) is 21.2. The first-order valence-corrected chi connectivity index (χ1v) is 12.4. The number of benzene rings is 2. The molecule has 0 amide bonds. The van der Waals surface area contributed by atoms with Gasteiger partial charge in [0.15, 0.2) is 17.5 Å². The number of ether oxygens (including phenoxy) is 1. The third-order valence-corrected chi connectivity index (χ3v) is 7.42. The average Bonchev–Trinajstić information content (AvgIpc) is 2.90. The molecule has 2 aromatic carbocycles. The lowest BCUT2D eigenvalue weighted by atomic mass is 9.74. The van der Waals surface area contributed by atoms with Crippen LogP contribution in [0.25, 0.3) is 10.9 Å². The average molecular weight is 533 g/mol. The van der Waals surface area contributed by atoms with Gasteiger partial charge < -0.3 is 14.9 Å². The van der Waals surface area contributed by atoms with Gasteiger partial charge in [-0.05, 0) is 74.5 Å². The van der Waals surface area contributed by atoms with E-state index in [1.54, 1.807) is 13.2 Å². The van der Waals surface area contributed by atoms with Crippen molar-refractivity contribution >= 4 is 22.5 Å². The largest absolute Gasteiger partial charge is 0.497 e. The van der Waals surface area contributed by atoms with E-state index < -0.39 is 23.6 Å². The van der Waals surface area contributed by atoms with Gasteiger partial charge in [0.25, 0.3) is 0 Å². The molecule has 1 fully saturated rings. The standard InChI is InChI=1S/C28H28ClF3N2O3/c1-37-19-4-5-24-20(15-19)26(21(29)16-33-24)25(36)6-7-28(17-35)8-11-34(12-9-28)10-2-3-18-13-22(30)27(32)23(31)14-18/h4-5,13-16,25,35-36H,6-12,17H2,1H3. The topological polar surface area (TPSA) is 65.8 Å². The van der Waals surface area contributed by atoms with Crippen LogP contribution in [0.2, 0.25) is 5.02 Å². The maximum absolute atomic E-state index is 13.4. The van der Waals surface area contributed by atoms with E-state index in [2.05, 4.69) is 21.7 Å². The molecule has 0 saturated carbocycles. The Labute approximate surface area is 218 Å². The molecule has 2 N–H and O–H groups in total. The Morgan fingerprint density at radius 1 is 1.16 bits per heavy atom. The third kappa shape index (κ3) is 6.19. The molecule has 1 aliphatic rings. The van der Waals surface area contributed by atoms with Crippen LogP contribution < -0.4 is 4.74 Å². The highest BCUT2D eigenvalue weighted by atomic mass is 35.5. The minimum atomic E-state index is -1.51. The van der Waals surface area contributed by atoms with Gasteiger partial charge in [0.1, 0.15) is 5.75 Å². The number of aliphatic hydroxyl groups excluding tert-OH is 2. The first-order chi connectivity index (χ1) is 17.7. The highest BCUT2D eigenvalue weighted by Gasteiger charge is 2.34. The van der Waals surface area contributed by atoms with Crippen LogP contribution in [0.1, 0.15) is 42.9 Å². The van der Waals surface area contributed by atoms with Crippen molar-refractivity contribution in [3.63, 3.8) is 0 Å². The van der Waals surface area contributed by atoms with Crippen LogP contribution in [0.15, 0.2) is 36.5 Å². The Morgan fingerprint density at radius 2 is 1.86 bits per heavy atom. The number of methoxy groups -OCH3 is 1. The van der Waals surface area contributed by atoms with Gasteiger partial charge in [0.2, 0.25) is 0 Å². The van der Waals surface area contributed by atoms with Crippen LogP contribution in [0.5, 0.6) is 5.75 Å². The Morgan fingerprint density at radius 3 is 2.51 bits per heavy atom. The van der Waals surface area contributed by atoms with Gasteiger partial charge in [-0.3, -0.25) is 9.88 Å². The van der Waals surface area contributed by atoms with Gasteiger partial charge in [-0.1, -0.05) is 23.4 Å². The molecule has 0 bridgehead atoms. The summed E-state index contributed by atoms with van der Waals surface area (Å²) in [5.74, 6) is 2.16. The Hall–Kier alpha value is -2.83. The lowest BCUT2D eigenvalue weighted by Crippen LogP contribution is -2.42. The molecular weight excluding hydrogens is 505 g/mol. The lowest BCUT2D eigenvalue weighted by molar-refractivity contribution is 0.0273. The molecule has 1 unspecified atom stereocenters. The smallest absolute Gasteiger partial charge is 0.194 e. The van der Waals surface area contributed by atoms with E-state index in [4.69, 9.17) is 16.3 Å². The molecule has 1 saturated heterocycles. The second-order valence-corrected chi connectivity index (χ2v) is 9.85. The summed E-state index contributed by atoms with van der Waals surface area (Å²) in [5.41, 5.74) is 1.03. The number of fused-ring (bicyclic) bond motifs is 1. The zero-order chi connectivity index (χ0) is 26.6. The fourth-order valence-corrected chi connectivity index (χ4v) is 5.05. The van der Waals surface area contributed by atoms with Gasteiger partial charge in [-0.25, -0.2) is 13.2 Å². The van der Waals surface area contributed by atoms with Crippen molar-refractivity contribution in [2.45, 2.75) is 31.8 Å². The number of hydrogen-bond donors (Lipinski definition) is 2. The molecule has 37 heavy (non-hydrogen) atoms. The van der Waals surface area contributed by atoms with Crippen LogP contribution in [0.4, 0.5) is 13.2 Å². The van der Waals surface area contributed by atoms with E-state index in [9.17, 15) is 23.4 Å². The summed E-state index contributed by atoms with van der Waals surface area (Å²) in [6, 6.07) is 7.17. The van der Waals surface area contributed by atoms with Crippen LogP contribution in [-0.4, -0.2) is 53.4 Å². The summed E-state index contributed by atoms with van der Waals surface area (Å²) in [6.07, 6.45) is 3.12. The van der Waals surface area contributed by atoms with E-state index in [0.717, 1.165) is 17.5 Å². The van der Waals surface area contributed by atoms with Crippen molar-refractivity contribution in [1.82, 2.24) is 9.88 Å². The highest BCUT2D eigenvalue weighted by Crippen LogP contribution is 2.40. The number of nitrogens with zero attached hydrogens (tertiary/aromatic N) is 2. The number of pyridine rings is 1. The summed E-state index contributed by atoms with van der Waals surface area (Å²) in [5, 5.41) is 22.4. The predicted octanol–water partition coefficient (Wildman–Crippen LogP) is 5.25. The minimum absolute atomic E-state index is 0.00792. The fourth-order valence-electron chi connectivity index (χ4n) is 4.77. The van der Waals surface area contributed by atoms with Crippen molar-refractivity contribution in [2.24, 2.45) is 5.41 Å². The van der Waals surface area contributed by atoms with Crippen LogP contribution >= 0.6 is 11.6 Å². The quantitative estimate of drug-likeness (QED) is 0.321. The van der Waals surface area contributed by atoms with E-state index in [0.29, 0.717) is 67.2 Å². The maximum atomic E-state index is 13.4. The monoisotopic (exact) mass is 532 g/mol. The number of piperidine rings is 1. The number of hydrogen-bond acceptors (Lipinski definition) is 5. The normalized spacial score (nSPS) is 16.3. The molecule has 1 atom stereocenters. The third-order valence-electron chi connectivity index (χ3n) is 7.12. The summed E-state index contributed by atoms with van der Waals surface area (Å²) in [6.45, 7) is 1.72. The van der Waals surface area contributed by atoms with Crippen LogP contribution in [0.3, 0.4) is 0 Å². The molecule has 196 valence electrons. The molecule has 4 rings (SSSR count). The number of aliphatic hydroxyl groups is 2. The fraction of sp³-hybridized carbons (Fsp3) is 0.393. The van der Waals surface area contributed by atoms with E-state index in [1.807, 2.05) is 12.1 Å². The molecule has 0 spiro atoms.